The first-order valence-corrected chi connectivity index (χ1v) is 6.84. The zero-order chi connectivity index (χ0) is 12.8. The first-order chi connectivity index (χ1) is 8.61. The Hall–Kier alpha value is -1.28. The summed E-state index contributed by atoms with van der Waals surface area (Å²) in [6, 6.07) is 8.66. The molecular formula is C16H22N2. The number of nitrogens with one attached hydrogen (secondary N) is 1. The molecule has 0 spiro atoms. The van der Waals surface area contributed by atoms with E-state index in [4.69, 9.17) is 0 Å². The lowest BCUT2D eigenvalue weighted by molar-refractivity contribution is 0.493. The second-order valence-electron chi connectivity index (χ2n) is 6.06. The number of nitrogens with zero attached hydrogens (tertiary/aromatic N) is 1. The van der Waals surface area contributed by atoms with Gasteiger partial charge >= 0.3 is 0 Å². The zero-order valence-electron chi connectivity index (χ0n) is 11.6. The number of aromatic nitrogens is 1. The fourth-order valence-corrected chi connectivity index (χ4v) is 2.76. The molecule has 1 saturated carbocycles. The van der Waals surface area contributed by atoms with Crippen molar-refractivity contribution >= 4 is 10.9 Å². The first-order valence-electron chi connectivity index (χ1n) is 6.84. The van der Waals surface area contributed by atoms with E-state index in [1.165, 1.54) is 35.0 Å². The van der Waals surface area contributed by atoms with Crippen molar-refractivity contribution in [1.29, 1.82) is 0 Å². The van der Waals surface area contributed by atoms with E-state index in [0.29, 0.717) is 5.41 Å². The van der Waals surface area contributed by atoms with Gasteiger partial charge in [-0.25, -0.2) is 0 Å². The molecule has 3 rings (SSSR count). The SMILES string of the molecule is Cc1c(CNCC2(C)CC2)n(C)c2ccccc12. The van der Waals surface area contributed by atoms with E-state index in [9.17, 15) is 0 Å². The lowest BCUT2D eigenvalue weighted by Gasteiger charge is -2.11. The van der Waals surface area contributed by atoms with E-state index in [1.54, 1.807) is 0 Å². The maximum Gasteiger partial charge on any atom is 0.0483 e. The van der Waals surface area contributed by atoms with Crippen LogP contribution in [0.5, 0.6) is 0 Å². The molecule has 0 saturated heterocycles. The van der Waals surface area contributed by atoms with Crippen LogP contribution in [-0.2, 0) is 13.6 Å². The maximum absolute atomic E-state index is 3.63. The molecule has 2 aromatic rings. The van der Waals surface area contributed by atoms with Crippen LogP contribution in [-0.4, -0.2) is 11.1 Å². The number of aryl methyl sites for hydroxylation is 2. The number of para-hydroxylation sites is 1. The Labute approximate surface area is 109 Å². The molecule has 0 bridgehead atoms. The van der Waals surface area contributed by atoms with Crippen molar-refractivity contribution in [3.05, 3.63) is 35.5 Å². The Morgan fingerprint density at radius 3 is 2.67 bits per heavy atom. The number of hydrogen-bond donors (Lipinski definition) is 1. The Bertz CT molecular complexity index is 537. The standard InChI is InChI=1S/C16H22N2/c1-12-13-6-4-5-7-14(13)18(3)15(12)10-17-11-16(2)8-9-16/h4-7,17H,8-11H2,1-3H3. The minimum absolute atomic E-state index is 0.582. The summed E-state index contributed by atoms with van der Waals surface area (Å²) in [5.41, 5.74) is 4.75. The summed E-state index contributed by atoms with van der Waals surface area (Å²) in [5.74, 6) is 0. The molecule has 2 heteroatoms. The van der Waals surface area contributed by atoms with E-state index < -0.39 is 0 Å². The molecule has 0 radical (unpaired) electrons. The maximum atomic E-state index is 3.63. The Morgan fingerprint density at radius 1 is 1.28 bits per heavy atom. The van der Waals surface area contributed by atoms with Gasteiger partial charge in [0.15, 0.2) is 0 Å². The highest BCUT2D eigenvalue weighted by molar-refractivity contribution is 5.85. The quantitative estimate of drug-likeness (QED) is 0.869. The second-order valence-corrected chi connectivity index (χ2v) is 6.06. The molecule has 1 aliphatic rings. The van der Waals surface area contributed by atoms with E-state index >= 15 is 0 Å². The molecule has 1 N–H and O–H groups in total. The Balaban J connectivity index is 1.82. The number of hydrogen-bond acceptors (Lipinski definition) is 1. The smallest absolute Gasteiger partial charge is 0.0483 e. The van der Waals surface area contributed by atoms with Crippen LogP contribution in [0.1, 0.15) is 31.0 Å². The summed E-state index contributed by atoms with van der Waals surface area (Å²) >= 11 is 0. The van der Waals surface area contributed by atoms with Crippen molar-refractivity contribution in [3.63, 3.8) is 0 Å². The molecular weight excluding hydrogens is 220 g/mol. The van der Waals surface area contributed by atoms with Crippen molar-refractivity contribution < 1.29 is 0 Å². The van der Waals surface area contributed by atoms with Crippen molar-refractivity contribution in [2.45, 2.75) is 33.2 Å². The summed E-state index contributed by atoms with van der Waals surface area (Å²) in [4.78, 5) is 0. The predicted molar refractivity (Wildman–Crippen MR) is 76.7 cm³/mol. The van der Waals surface area contributed by atoms with Crippen molar-refractivity contribution in [3.8, 4) is 0 Å². The van der Waals surface area contributed by atoms with Gasteiger partial charge in [-0.2, -0.15) is 0 Å². The topological polar surface area (TPSA) is 17.0 Å². The summed E-state index contributed by atoms with van der Waals surface area (Å²) in [6.45, 7) is 6.73. The minimum Gasteiger partial charge on any atom is -0.346 e. The summed E-state index contributed by atoms with van der Waals surface area (Å²) < 4.78 is 2.33. The van der Waals surface area contributed by atoms with Gasteiger partial charge in [-0.15, -0.1) is 0 Å². The molecule has 0 unspecified atom stereocenters. The third-order valence-corrected chi connectivity index (χ3v) is 4.45. The van der Waals surface area contributed by atoms with Crippen LogP contribution in [0, 0.1) is 12.3 Å². The van der Waals surface area contributed by atoms with E-state index in [0.717, 1.165) is 13.1 Å². The van der Waals surface area contributed by atoms with Crippen LogP contribution in [0.25, 0.3) is 10.9 Å². The van der Waals surface area contributed by atoms with Crippen molar-refractivity contribution in [2.75, 3.05) is 6.54 Å². The third kappa shape index (κ3) is 1.95. The van der Waals surface area contributed by atoms with Crippen LogP contribution in [0.15, 0.2) is 24.3 Å². The highest BCUT2D eigenvalue weighted by Crippen LogP contribution is 2.44. The van der Waals surface area contributed by atoms with Crippen LogP contribution < -0.4 is 5.32 Å². The van der Waals surface area contributed by atoms with Gasteiger partial charge in [-0.1, -0.05) is 25.1 Å². The molecule has 0 atom stereocenters. The van der Waals surface area contributed by atoms with E-state index in [2.05, 4.69) is 55.0 Å². The normalized spacial score (nSPS) is 17.3. The fourth-order valence-electron chi connectivity index (χ4n) is 2.76. The van der Waals surface area contributed by atoms with E-state index in [1.807, 2.05) is 0 Å². The molecule has 2 nitrogen and oxygen atoms in total. The molecule has 0 aliphatic heterocycles. The Morgan fingerprint density at radius 2 is 2.00 bits per heavy atom. The minimum atomic E-state index is 0.582. The molecule has 1 aromatic heterocycles. The molecule has 18 heavy (non-hydrogen) atoms. The highest BCUT2D eigenvalue weighted by Gasteiger charge is 2.36. The molecule has 1 heterocycles. The van der Waals surface area contributed by atoms with Gasteiger partial charge in [0, 0.05) is 36.7 Å². The van der Waals surface area contributed by atoms with Gasteiger partial charge in [-0.05, 0) is 36.8 Å². The summed E-state index contributed by atoms with van der Waals surface area (Å²) in [7, 11) is 2.17. The van der Waals surface area contributed by atoms with Gasteiger partial charge in [0.05, 0.1) is 0 Å². The predicted octanol–water partition coefficient (Wildman–Crippen LogP) is 3.38. The molecule has 1 fully saturated rings. The monoisotopic (exact) mass is 242 g/mol. The molecule has 1 aliphatic carbocycles. The van der Waals surface area contributed by atoms with Gasteiger partial charge in [-0.3, -0.25) is 0 Å². The third-order valence-electron chi connectivity index (χ3n) is 4.45. The van der Waals surface area contributed by atoms with E-state index in [-0.39, 0.29) is 0 Å². The van der Waals surface area contributed by atoms with Crippen molar-refractivity contribution in [1.82, 2.24) is 9.88 Å². The van der Waals surface area contributed by atoms with Crippen LogP contribution >= 0.6 is 0 Å². The number of rotatable bonds is 4. The number of fused-ring (bicyclic) bond motifs is 1. The molecule has 96 valence electrons. The molecule has 1 aromatic carbocycles. The average molecular weight is 242 g/mol. The lowest BCUT2D eigenvalue weighted by atomic mass is 10.1. The molecule has 0 amide bonds. The van der Waals surface area contributed by atoms with Gasteiger partial charge < -0.3 is 9.88 Å². The fraction of sp³-hybridized carbons (Fsp3) is 0.500. The van der Waals surface area contributed by atoms with Crippen LogP contribution in [0.2, 0.25) is 0 Å². The van der Waals surface area contributed by atoms with Crippen molar-refractivity contribution in [2.24, 2.45) is 12.5 Å². The van der Waals surface area contributed by atoms with Gasteiger partial charge in [0.1, 0.15) is 0 Å². The average Bonchev–Trinajstić information content (AvgIpc) is 3.06. The van der Waals surface area contributed by atoms with Gasteiger partial charge in [0.25, 0.3) is 0 Å². The Kier molecular flexibility index (Phi) is 2.70. The number of benzene rings is 1. The zero-order valence-corrected chi connectivity index (χ0v) is 11.6. The van der Waals surface area contributed by atoms with Gasteiger partial charge in [0.2, 0.25) is 0 Å². The summed E-state index contributed by atoms with van der Waals surface area (Å²) in [6.07, 6.45) is 2.77. The van der Waals surface area contributed by atoms with Crippen LogP contribution in [0.3, 0.4) is 0 Å². The largest absolute Gasteiger partial charge is 0.346 e. The lowest BCUT2D eigenvalue weighted by Crippen LogP contribution is -2.23. The van der Waals surface area contributed by atoms with Crippen LogP contribution in [0.4, 0.5) is 0 Å². The second kappa shape index (κ2) is 4.13. The first kappa shape index (κ1) is 11.8. The highest BCUT2D eigenvalue weighted by atomic mass is 15.0. The summed E-state index contributed by atoms with van der Waals surface area (Å²) in [5, 5.41) is 5.01.